The van der Waals surface area contributed by atoms with E-state index in [1.807, 2.05) is 45.2 Å². The molecule has 0 radical (unpaired) electrons. The Hall–Kier alpha value is -1.32. The molecule has 3 nitrogen and oxygen atoms in total. The highest BCUT2D eigenvalue weighted by atomic mass is 35.5. The number of hydrogen-bond acceptors (Lipinski definition) is 2. The molecule has 0 fully saturated rings. The molecule has 0 saturated heterocycles. The third-order valence-corrected chi connectivity index (χ3v) is 3.34. The SMILES string of the molecule is C/C(Cl)=C(/C)c1nc(-c2ccccc2Cl)nn1C. The molecule has 0 amide bonds. The van der Waals surface area contributed by atoms with E-state index in [1.165, 1.54) is 0 Å². The van der Waals surface area contributed by atoms with E-state index in [-0.39, 0.29) is 0 Å². The first kappa shape index (κ1) is 13.1. The van der Waals surface area contributed by atoms with Gasteiger partial charge in [-0.25, -0.2) is 9.67 Å². The monoisotopic (exact) mass is 281 g/mol. The highest BCUT2D eigenvalue weighted by Crippen LogP contribution is 2.27. The first-order valence-corrected chi connectivity index (χ1v) is 6.25. The molecule has 0 bridgehead atoms. The normalized spacial score (nSPS) is 12.5. The number of benzene rings is 1. The number of aryl methyl sites for hydroxylation is 1. The van der Waals surface area contributed by atoms with Gasteiger partial charge in [0.05, 0.1) is 5.02 Å². The van der Waals surface area contributed by atoms with Gasteiger partial charge in [0, 0.05) is 23.2 Å². The fourth-order valence-electron chi connectivity index (χ4n) is 1.62. The summed E-state index contributed by atoms with van der Waals surface area (Å²) in [5, 5.41) is 5.72. The van der Waals surface area contributed by atoms with Gasteiger partial charge in [0.25, 0.3) is 0 Å². The molecule has 2 aromatic rings. The molecule has 94 valence electrons. The molecule has 0 aliphatic carbocycles. The number of halogens is 2. The van der Waals surface area contributed by atoms with Crippen molar-refractivity contribution in [3.05, 3.63) is 40.1 Å². The van der Waals surface area contributed by atoms with Gasteiger partial charge in [-0.3, -0.25) is 0 Å². The lowest BCUT2D eigenvalue weighted by Gasteiger charge is -1.99. The quantitative estimate of drug-likeness (QED) is 0.829. The lowest BCUT2D eigenvalue weighted by molar-refractivity contribution is 0.754. The summed E-state index contributed by atoms with van der Waals surface area (Å²) in [6.07, 6.45) is 0. The molecule has 0 saturated carbocycles. The Balaban J connectivity index is 2.54. The zero-order valence-corrected chi connectivity index (χ0v) is 11.9. The van der Waals surface area contributed by atoms with Crippen LogP contribution in [-0.4, -0.2) is 14.8 Å². The van der Waals surface area contributed by atoms with E-state index < -0.39 is 0 Å². The summed E-state index contributed by atoms with van der Waals surface area (Å²) in [5.74, 6) is 1.35. The first-order chi connectivity index (χ1) is 8.50. The van der Waals surface area contributed by atoms with Gasteiger partial charge < -0.3 is 0 Å². The molecule has 5 heteroatoms. The molecule has 1 heterocycles. The summed E-state index contributed by atoms with van der Waals surface area (Å²) in [6, 6.07) is 7.51. The third-order valence-electron chi connectivity index (χ3n) is 2.73. The highest BCUT2D eigenvalue weighted by molar-refractivity contribution is 6.33. The Kier molecular flexibility index (Phi) is 3.73. The van der Waals surface area contributed by atoms with Crippen molar-refractivity contribution in [3.8, 4) is 11.4 Å². The number of rotatable bonds is 2. The topological polar surface area (TPSA) is 30.7 Å². The molecule has 18 heavy (non-hydrogen) atoms. The molecule has 0 aliphatic rings. The molecular formula is C13H13Cl2N3. The molecule has 0 N–H and O–H groups in total. The van der Waals surface area contributed by atoms with Crippen molar-refractivity contribution in [1.29, 1.82) is 0 Å². The van der Waals surface area contributed by atoms with E-state index in [1.54, 1.807) is 4.68 Å². The average Bonchev–Trinajstić information content (AvgIpc) is 2.70. The van der Waals surface area contributed by atoms with Crippen LogP contribution in [0.4, 0.5) is 0 Å². The van der Waals surface area contributed by atoms with E-state index >= 15 is 0 Å². The molecule has 1 aromatic carbocycles. The van der Waals surface area contributed by atoms with Crippen LogP contribution in [0.2, 0.25) is 5.02 Å². The van der Waals surface area contributed by atoms with Crippen molar-refractivity contribution >= 4 is 28.8 Å². The van der Waals surface area contributed by atoms with Crippen molar-refractivity contribution in [2.45, 2.75) is 13.8 Å². The molecule has 2 rings (SSSR count). The molecule has 0 unspecified atom stereocenters. The standard InChI is InChI=1S/C13H13Cl2N3/c1-8(9(2)14)13-16-12(17-18(13)3)10-6-4-5-7-11(10)15/h4-7H,1-3H3/b9-8+. The largest absolute Gasteiger partial charge is 0.249 e. The second-order valence-corrected chi connectivity index (χ2v) is 5.00. The van der Waals surface area contributed by atoms with Crippen LogP contribution in [0.3, 0.4) is 0 Å². The minimum absolute atomic E-state index is 0.607. The average molecular weight is 282 g/mol. The van der Waals surface area contributed by atoms with Gasteiger partial charge in [-0.2, -0.15) is 5.10 Å². The van der Waals surface area contributed by atoms with Crippen molar-refractivity contribution in [1.82, 2.24) is 14.8 Å². The molecule has 0 spiro atoms. The fraction of sp³-hybridized carbons (Fsp3) is 0.231. The Morgan fingerprint density at radius 3 is 2.50 bits per heavy atom. The van der Waals surface area contributed by atoms with Gasteiger partial charge in [0.15, 0.2) is 11.6 Å². The minimum atomic E-state index is 0.607. The number of hydrogen-bond donors (Lipinski definition) is 0. The van der Waals surface area contributed by atoms with E-state index in [0.717, 1.165) is 17.0 Å². The summed E-state index contributed by atoms with van der Waals surface area (Å²) in [5.41, 5.74) is 1.73. The zero-order valence-electron chi connectivity index (χ0n) is 10.4. The van der Waals surface area contributed by atoms with E-state index in [2.05, 4.69) is 10.1 Å². The number of aromatic nitrogens is 3. The van der Waals surface area contributed by atoms with E-state index in [4.69, 9.17) is 23.2 Å². The minimum Gasteiger partial charge on any atom is -0.249 e. The second-order valence-electron chi connectivity index (χ2n) is 4.02. The maximum atomic E-state index is 6.14. The number of nitrogens with zero attached hydrogens (tertiary/aromatic N) is 3. The Morgan fingerprint density at radius 2 is 1.89 bits per heavy atom. The maximum absolute atomic E-state index is 6.14. The molecule has 0 aliphatic heterocycles. The van der Waals surface area contributed by atoms with Crippen LogP contribution in [0.25, 0.3) is 17.0 Å². The lowest BCUT2D eigenvalue weighted by Crippen LogP contribution is -1.97. The maximum Gasteiger partial charge on any atom is 0.183 e. The molecule has 1 aromatic heterocycles. The van der Waals surface area contributed by atoms with Gasteiger partial charge in [-0.05, 0) is 26.0 Å². The van der Waals surface area contributed by atoms with Crippen LogP contribution in [0.15, 0.2) is 29.3 Å². The second kappa shape index (κ2) is 5.12. The van der Waals surface area contributed by atoms with E-state index in [0.29, 0.717) is 15.9 Å². The van der Waals surface area contributed by atoms with Gasteiger partial charge in [-0.1, -0.05) is 35.3 Å². The summed E-state index contributed by atoms with van der Waals surface area (Å²) in [6.45, 7) is 3.75. The smallest absolute Gasteiger partial charge is 0.183 e. The van der Waals surface area contributed by atoms with Crippen LogP contribution in [0, 0.1) is 0 Å². The predicted octanol–water partition coefficient (Wildman–Crippen LogP) is 4.13. The van der Waals surface area contributed by atoms with Crippen molar-refractivity contribution < 1.29 is 0 Å². The zero-order chi connectivity index (χ0) is 13.3. The lowest BCUT2D eigenvalue weighted by atomic mass is 10.2. The van der Waals surface area contributed by atoms with Crippen LogP contribution in [0.5, 0.6) is 0 Å². The van der Waals surface area contributed by atoms with Crippen molar-refractivity contribution in [3.63, 3.8) is 0 Å². The third kappa shape index (κ3) is 2.42. The van der Waals surface area contributed by atoms with Crippen LogP contribution >= 0.6 is 23.2 Å². The Morgan fingerprint density at radius 1 is 1.22 bits per heavy atom. The van der Waals surface area contributed by atoms with Crippen LogP contribution in [-0.2, 0) is 7.05 Å². The van der Waals surface area contributed by atoms with Gasteiger partial charge in [0.2, 0.25) is 0 Å². The summed E-state index contributed by atoms with van der Waals surface area (Å²) >= 11 is 12.1. The predicted molar refractivity (Wildman–Crippen MR) is 75.6 cm³/mol. The summed E-state index contributed by atoms with van der Waals surface area (Å²) in [4.78, 5) is 4.49. The van der Waals surface area contributed by atoms with Gasteiger partial charge in [0.1, 0.15) is 0 Å². The number of allylic oxidation sites excluding steroid dienone is 2. The fourth-order valence-corrected chi connectivity index (χ4v) is 1.93. The highest BCUT2D eigenvalue weighted by Gasteiger charge is 2.13. The van der Waals surface area contributed by atoms with Crippen molar-refractivity contribution in [2.24, 2.45) is 7.05 Å². The molecular weight excluding hydrogens is 269 g/mol. The first-order valence-electron chi connectivity index (χ1n) is 5.50. The summed E-state index contributed by atoms with van der Waals surface area (Å²) in [7, 11) is 1.84. The van der Waals surface area contributed by atoms with E-state index in [9.17, 15) is 0 Å². The van der Waals surface area contributed by atoms with Crippen LogP contribution in [0.1, 0.15) is 19.7 Å². The van der Waals surface area contributed by atoms with Crippen LogP contribution < -0.4 is 0 Å². The van der Waals surface area contributed by atoms with Gasteiger partial charge >= 0.3 is 0 Å². The Bertz CT molecular complexity index is 610. The van der Waals surface area contributed by atoms with Gasteiger partial charge in [-0.15, -0.1) is 0 Å². The van der Waals surface area contributed by atoms with Crippen molar-refractivity contribution in [2.75, 3.05) is 0 Å². The Labute approximate surface area is 116 Å². The molecule has 0 atom stereocenters. The summed E-state index contributed by atoms with van der Waals surface area (Å²) < 4.78 is 1.71.